The molecule has 134 heavy (non-hydrogen) atoms. The van der Waals surface area contributed by atoms with Crippen LogP contribution in [0.4, 0.5) is 0 Å². The summed E-state index contributed by atoms with van der Waals surface area (Å²) in [4.78, 5) is 137. The summed E-state index contributed by atoms with van der Waals surface area (Å²) in [7, 11) is 8.81. The lowest BCUT2D eigenvalue weighted by molar-refractivity contribution is -0.194. The summed E-state index contributed by atoms with van der Waals surface area (Å²) in [6.07, 6.45) is 1.35. The van der Waals surface area contributed by atoms with Gasteiger partial charge in [-0.1, -0.05) is 43.3 Å². The van der Waals surface area contributed by atoms with E-state index in [2.05, 4.69) is 76.3 Å². The molecule has 4 aromatic heterocycles. The van der Waals surface area contributed by atoms with E-state index in [-0.39, 0.29) is 82.6 Å². The Labute approximate surface area is 795 Å². The fourth-order valence-electron chi connectivity index (χ4n) is 16.6. The average molecular weight is 1940 g/mol. The number of rotatable bonds is 11. The van der Waals surface area contributed by atoms with E-state index in [9.17, 15) is 63.6 Å². The van der Waals surface area contributed by atoms with E-state index in [1.54, 1.807) is 146 Å². The number of hydrogen-bond acceptors (Lipinski definition) is 28. The zero-order valence-electron chi connectivity index (χ0n) is 76.2. The third-order valence-electron chi connectivity index (χ3n) is 24.2. The lowest BCUT2D eigenvalue weighted by Crippen LogP contribution is -2.71. The van der Waals surface area contributed by atoms with Gasteiger partial charge in [0.2, 0.25) is 0 Å². The number of aryl methyl sites for hydroxylation is 4. The molecule has 0 saturated carbocycles. The Morgan fingerprint density at radius 3 is 0.948 bits per heavy atom. The Hall–Kier alpha value is -12.1. The van der Waals surface area contributed by atoms with Gasteiger partial charge in [0, 0.05) is 173 Å². The summed E-state index contributed by atoms with van der Waals surface area (Å²) in [5.74, 6) is 0.499. The van der Waals surface area contributed by atoms with Crippen LogP contribution in [0, 0.1) is 27.7 Å². The molecule has 8 aromatic carbocycles. The third-order valence-corrected chi connectivity index (χ3v) is 25.1. The molecular weight excluding hydrogens is 1830 g/mol. The van der Waals surface area contributed by atoms with Crippen LogP contribution in [0.2, 0.25) is 0 Å². The number of halogens is 3. The van der Waals surface area contributed by atoms with E-state index in [1.807, 2.05) is 54.3 Å². The Morgan fingerprint density at radius 2 is 0.657 bits per heavy atom. The molecule has 0 atom stereocenters. The number of aromatic hydroxyl groups is 4. The standard InChI is InChI=1S/C23H22N2O5.2C22H22N2O4.C12H16BN2O3.C10H7BrO3.C6H12N4.C3H8O.2ClH/c1-14-17-7-8-19(27)18(13-26)21(17)30-23(29)20(14)15-3-5-16(6-4-15)22(28)25-11-9-24(2)10-12-25;2*1-14-18-8-7-17(25)13-19(18)28-22(27)20(14)15-3-5-16(6-4-15)21(26)24-11-9-23(2)10-12-24;1-14-6-8-15(9-7-14)12(16)10-2-4-11(5-3-10)18-13-17;1-5-7-3-2-6(12)4-8(7)14-10(13)9(5)11;1-7-2-9-4-8(1)5-10(3-7)6-9;1-2-3-4;;/h3-8,13,27H,9-12H2,1-2H3;2*3-8,13,25H,9-12H2,1-2H3;2-5,17H,6-9H2,1H3;2-4,12H,1H3;1-6H2;4H,2-3H2,1H3;2*1H. The van der Waals surface area contributed by atoms with Crippen molar-refractivity contribution in [3.8, 4) is 62.1 Å². The SMILES string of the molecule is C1N2CN3CN1CN(C2)C3.CCCO.CN1CCN(C(=O)c2ccc(O[B]O)cc2)CC1.Cc1c(-c2ccc(C(=O)N3CCN(C)CC3)cc2)c(=O)oc2c(C=O)c(O)ccc12.Cc1c(-c2ccc(C(=O)N3CCN(C)CC3)cc2)c(=O)oc2cc(O)ccc12.Cc1c(-c2ccc(C(=O)N3CCN(C)CC3)cc2)c(=O)oc2cc(O)ccc12.Cc1c(Br)c(=O)oc2cc(O)ccc12.Cl.Cl. The van der Waals surface area contributed by atoms with Gasteiger partial charge in [0.25, 0.3) is 23.6 Å². The van der Waals surface area contributed by atoms with Crippen molar-refractivity contribution in [1.82, 2.24) is 58.8 Å². The summed E-state index contributed by atoms with van der Waals surface area (Å²) in [6, 6.07) is 45.0. The summed E-state index contributed by atoms with van der Waals surface area (Å²) >= 11 is 3.15. The number of amides is 4. The molecule has 12 aromatic rings. The minimum absolute atomic E-state index is 0. The second-order valence-corrected chi connectivity index (χ2v) is 34.4. The summed E-state index contributed by atoms with van der Waals surface area (Å²) in [6.45, 7) is 29.5. The van der Waals surface area contributed by atoms with Crippen molar-refractivity contribution in [1.29, 1.82) is 0 Å². The van der Waals surface area contributed by atoms with Crippen LogP contribution in [-0.2, 0) is 0 Å². The number of aliphatic hydroxyl groups is 1. The summed E-state index contributed by atoms with van der Waals surface area (Å²) in [5.41, 5.74) is 7.96. The quantitative estimate of drug-likeness (QED) is 0.0398. The molecular formula is C98H111BBrCl2N12O20. The Kier molecular flexibility index (Phi) is 35.7. The van der Waals surface area contributed by atoms with Gasteiger partial charge in [-0.3, -0.25) is 43.6 Å². The van der Waals surface area contributed by atoms with E-state index < -0.39 is 22.5 Å². The van der Waals surface area contributed by atoms with Crippen LogP contribution in [0.5, 0.6) is 28.7 Å². The van der Waals surface area contributed by atoms with E-state index in [4.69, 9.17) is 32.5 Å². The molecule has 4 amide bonds. The topological polar surface area (TPSA) is 376 Å². The highest BCUT2D eigenvalue weighted by Crippen LogP contribution is 2.35. The minimum Gasteiger partial charge on any atom is -0.537 e. The number of benzene rings is 8. The van der Waals surface area contributed by atoms with Crippen molar-refractivity contribution >= 4 is 122 Å². The van der Waals surface area contributed by atoms with Crippen molar-refractivity contribution in [2.45, 2.75) is 41.0 Å². The lowest BCUT2D eigenvalue weighted by atomic mass is 9.97. The first-order valence-corrected chi connectivity index (χ1v) is 44.3. The fraction of sp³-hybridized carbons (Fsp3) is 0.337. The number of aliphatic hydroxyl groups excluding tert-OH is 1. The van der Waals surface area contributed by atoms with Crippen molar-refractivity contribution in [2.24, 2.45) is 0 Å². The van der Waals surface area contributed by atoms with Crippen LogP contribution in [0.25, 0.3) is 77.3 Å². The van der Waals surface area contributed by atoms with E-state index in [0.29, 0.717) is 127 Å². The van der Waals surface area contributed by atoms with Gasteiger partial charge in [-0.2, -0.15) is 0 Å². The van der Waals surface area contributed by atoms with Gasteiger partial charge in [-0.05, 0) is 226 Å². The number of nitrogens with zero attached hydrogens (tertiary/aromatic N) is 12. The molecule has 8 saturated heterocycles. The minimum atomic E-state index is -0.605. The first kappa shape index (κ1) is 102. The molecule has 707 valence electrons. The molecule has 6 N–H and O–H groups in total. The molecule has 8 fully saturated rings. The maximum atomic E-state index is 12.7. The molecule has 0 spiro atoms. The number of phenols is 4. The zero-order valence-corrected chi connectivity index (χ0v) is 79.4. The van der Waals surface area contributed by atoms with Crippen molar-refractivity contribution in [3.05, 3.63) is 260 Å². The number of aldehydes is 1. The molecule has 0 aliphatic carbocycles. The molecule has 8 aliphatic heterocycles. The van der Waals surface area contributed by atoms with E-state index in [1.165, 1.54) is 64.3 Å². The maximum Gasteiger partial charge on any atom is 0.569 e. The Balaban J connectivity index is 0.000000157. The Bertz CT molecular complexity index is 6180. The zero-order chi connectivity index (χ0) is 94.3. The van der Waals surface area contributed by atoms with Crippen molar-refractivity contribution in [2.75, 3.05) is 180 Å². The van der Waals surface area contributed by atoms with E-state index in [0.717, 1.165) is 131 Å². The van der Waals surface area contributed by atoms with Gasteiger partial charge in [0.15, 0.2) is 11.9 Å². The van der Waals surface area contributed by atoms with Crippen LogP contribution in [0.3, 0.4) is 0 Å². The molecule has 8 aliphatic rings. The number of likely N-dealkylation sites (N-methyl/N-ethyl adjacent to an activating group) is 4. The number of carbonyl (C=O) groups is 5. The first-order chi connectivity index (χ1) is 63.4. The van der Waals surface area contributed by atoms with Gasteiger partial charge in [0.05, 0.1) is 62.3 Å². The van der Waals surface area contributed by atoms with Crippen molar-refractivity contribution < 1.29 is 76.9 Å². The molecule has 4 bridgehead atoms. The lowest BCUT2D eigenvalue weighted by Gasteiger charge is -2.56. The normalized spacial score (nSPS) is 17.5. The van der Waals surface area contributed by atoms with Gasteiger partial charge < -0.3 is 92.1 Å². The maximum absolute atomic E-state index is 12.7. The fourth-order valence-corrected chi connectivity index (χ4v) is 16.9. The summed E-state index contributed by atoms with van der Waals surface area (Å²) in [5, 5.41) is 57.6. The number of carbonyl (C=O) groups excluding carboxylic acids is 5. The third kappa shape index (κ3) is 24.7. The molecule has 12 heterocycles. The Morgan fingerprint density at radius 1 is 0.388 bits per heavy atom. The number of phenolic OH excluding ortho intramolecular Hbond substituents is 4. The van der Waals surface area contributed by atoms with Crippen LogP contribution in [0.1, 0.15) is 87.4 Å². The monoisotopic (exact) mass is 1940 g/mol. The van der Waals surface area contributed by atoms with Crippen LogP contribution < -0.4 is 27.2 Å². The second-order valence-electron chi connectivity index (χ2n) is 33.6. The first-order valence-electron chi connectivity index (χ1n) is 43.5. The van der Waals surface area contributed by atoms with Gasteiger partial charge >= 0.3 is 30.2 Å². The molecule has 36 heteroatoms. The number of fused-ring (bicyclic) bond motifs is 4. The van der Waals surface area contributed by atoms with Gasteiger partial charge in [-0.25, -0.2) is 19.2 Å². The summed E-state index contributed by atoms with van der Waals surface area (Å²) < 4.78 is 26.4. The number of hydrogen-bond donors (Lipinski definition) is 6. The number of piperazine rings is 4. The van der Waals surface area contributed by atoms with Gasteiger partial charge in [-0.15, -0.1) is 24.8 Å². The van der Waals surface area contributed by atoms with E-state index >= 15 is 0 Å². The molecule has 0 unspecified atom stereocenters. The average Bonchev–Trinajstić information content (AvgIpc) is 0.764. The van der Waals surface area contributed by atoms with Gasteiger partial charge in [0.1, 0.15) is 50.0 Å². The predicted molar refractivity (Wildman–Crippen MR) is 522 cm³/mol. The van der Waals surface area contributed by atoms with Crippen LogP contribution in [0.15, 0.2) is 205 Å². The molecule has 32 nitrogen and oxygen atoms in total. The smallest absolute Gasteiger partial charge is 0.537 e. The van der Waals surface area contributed by atoms with Crippen molar-refractivity contribution in [3.63, 3.8) is 0 Å². The largest absolute Gasteiger partial charge is 0.569 e. The predicted octanol–water partition coefficient (Wildman–Crippen LogP) is 11.2. The second kappa shape index (κ2) is 46.7. The molecule has 20 rings (SSSR count). The highest BCUT2D eigenvalue weighted by Gasteiger charge is 2.37. The van der Waals surface area contributed by atoms with Crippen LogP contribution in [-0.4, -0.2) is 306 Å². The molecule has 1 radical (unpaired) electrons. The van der Waals surface area contributed by atoms with Crippen LogP contribution >= 0.6 is 40.7 Å². The highest BCUT2D eigenvalue weighted by molar-refractivity contribution is 9.10. The highest BCUT2D eigenvalue weighted by atomic mass is 79.9.